The second kappa shape index (κ2) is 7.83. The van der Waals surface area contributed by atoms with Crippen LogP contribution in [-0.2, 0) is 0 Å². The van der Waals surface area contributed by atoms with Crippen LogP contribution in [0.15, 0.2) is 36.5 Å². The summed E-state index contributed by atoms with van der Waals surface area (Å²) in [5.74, 6) is 1.46. The zero-order valence-corrected chi connectivity index (χ0v) is 17.1. The number of hydrogen-bond donors (Lipinski definition) is 3. The average molecular weight is 384 g/mol. The molecule has 0 spiro atoms. The number of hydrogen-bond acceptors (Lipinski definition) is 6. The Labute approximate surface area is 167 Å². The number of rotatable bonds is 4. The van der Waals surface area contributed by atoms with E-state index in [0.29, 0.717) is 12.0 Å². The van der Waals surface area contributed by atoms with Crippen LogP contribution < -0.4 is 21.7 Å². The lowest BCUT2D eigenvalue weighted by Gasteiger charge is -2.52. The Morgan fingerprint density at radius 1 is 1.04 bits per heavy atom. The maximum atomic E-state index is 6.94. The summed E-state index contributed by atoms with van der Waals surface area (Å²) in [6.45, 7) is 8.61. The van der Waals surface area contributed by atoms with Gasteiger partial charge >= 0.3 is 0 Å². The van der Waals surface area contributed by atoms with Gasteiger partial charge in [0.05, 0.1) is 6.20 Å². The van der Waals surface area contributed by atoms with Gasteiger partial charge in [0, 0.05) is 17.6 Å². The fraction of sp³-hybridized carbons (Fsp3) is 0.571. The topological polar surface area (TPSA) is 88.4 Å². The predicted octanol–water partition coefficient (Wildman–Crippen LogP) is 2.30. The number of nitrogens with zero attached hydrogens (tertiary/aromatic N) is 4. The molecule has 1 saturated heterocycles. The number of anilines is 1. The van der Waals surface area contributed by atoms with Gasteiger partial charge in [-0.25, -0.2) is 9.58 Å². The quantitative estimate of drug-likeness (QED) is 0.751. The molecule has 1 aromatic carbocycles. The Morgan fingerprint density at radius 3 is 2.36 bits per heavy atom. The molecule has 28 heavy (non-hydrogen) atoms. The van der Waals surface area contributed by atoms with Gasteiger partial charge in [-0.15, -0.1) is 0 Å². The van der Waals surface area contributed by atoms with Gasteiger partial charge in [0.1, 0.15) is 12.1 Å². The lowest BCUT2D eigenvalue weighted by molar-refractivity contribution is 0.0167. The van der Waals surface area contributed by atoms with Gasteiger partial charge < -0.3 is 10.2 Å². The Bertz CT molecular complexity index is 781. The molecule has 0 radical (unpaired) electrons. The normalized spacial score (nSPS) is 25.1. The molecule has 2 aromatic rings. The van der Waals surface area contributed by atoms with Gasteiger partial charge in [0.25, 0.3) is 0 Å². The van der Waals surface area contributed by atoms with Crippen LogP contribution in [-0.4, -0.2) is 40.1 Å². The second-order valence-corrected chi connectivity index (χ2v) is 8.27. The first-order valence-corrected chi connectivity index (χ1v) is 10.4. The molecule has 0 saturated carbocycles. The highest BCUT2D eigenvalue weighted by atomic mass is 15.6. The van der Waals surface area contributed by atoms with Crippen LogP contribution in [0, 0.1) is 0 Å². The molecular weight excluding hydrogens is 350 g/mol. The van der Waals surface area contributed by atoms with Gasteiger partial charge in [-0.3, -0.25) is 11.5 Å². The third kappa shape index (κ3) is 3.22. The van der Waals surface area contributed by atoms with Crippen molar-refractivity contribution in [3.8, 4) is 0 Å². The van der Waals surface area contributed by atoms with Crippen LogP contribution in [0.1, 0.15) is 63.0 Å². The molecule has 2 aliphatic heterocycles. The maximum Gasteiger partial charge on any atom is 0.160 e. The van der Waals surface area contributed by atoms with Crippen molar-refractivity contribution in [3.05, 3.63) is 47.7 Å². The first-order chi connectivity index (χ1) is 13.5. The molecule has 3 atom stereocenters. The first kappa shape index (κ1) is 19.4. The number of nitrogens with two attached hydrogens (primary N) is 2. The lowest BCUT2D eigenvalue weighted by atomic mass is 10.00. The minimum Gasteiger partial charge on any atom is -0.325 e. The second-order valence-electron chi connectivity index (χ2n) is 8.27. The summed E-state index contributed by atoms with van der Waals surface area (Å²) >= 11 is 0. The van der Waals surface area contributed by atoms with Gasteiger partial charge in [0.15, 0.2) is 6.29 Å². The zero-order valence-electron chi connectivity index (χ0n) is 17.1. The largest absolute Gasteiger partial charge is 0.325 e. The van der Waals surface area contributed by atoms with Crippen molar-refractivity contribution in [2.45, 2.75) is 64.2 Å². The molecule has 1 aromatic heterocycles. The van der Waals surface area contributed by atoms with E-state index in [9.17, 15) is 0 Å². The van der Waals surface area contributed by atoms with E-state index in [4.69, 9.17) is 16.6 Å². The zero-order chi connectivity index (χ0) is 19.8. The monoisotopic (exact) mass is 383 g/mol. The summed E-state index contributed by atoms with van der Waals surface area (Å²) in [5, 5.41) is 8.17. The molecule has 0 amide bonds. The Kier molecular flexibility index (Phi) is 5.42. The van der Waals surface area contributed by atoms with Crippen LogP contribution >= 0.6 is 0 Å². The SMILES string of the molecule is CC(C)c1cnn2c1N(C1CCNCC1)C(N)N(C(C)c1ccccc1)C2N. The Balaban J connectivity index is 1.78. The van der Waals surface area contributed by atoms with Crippen LogP contribution in [0.3, 0.4) is 0 Å². The number of piperidine rings is 1. The van der Waals surface area contributed by atoms with Crippen molar-refractivity contribution in [3.63, 3.8) is 0 Å². The van der Waals surface area contributed by atoms with Gasteiger partial charge in [-0.1, -0.05) is 44.2 Å². The van der Waals surface area contributed by atoms with E-state index in [1.54, 1.807) is 0 Å². The number of nitrogens with one attached hydrogen (secondary N) is 1. The average Bonchev–Trinajstić information content (AvgIpc) is 3.15. The molecule has 7 heteroatoms. The molecule has 3 unspecified atom stereocenters. The van der Waals surface area contributed by atoms with Crippen molar-refractivity contribution in [1.29, 1.82) is 0 Å². The smallest absolute Gasteiger partial charge is 0.160 e. The van der Waals surface area contributed by atoms with Crippen molar-refractivity contribution in [1.82, 2.24) is 20.0 Å². The molecule has 4 rings (SSSR count). The minimum atomic E-state index is -0.398. The molecule has 5 N–H and O–H groups in total. The van der Waals surface area contributed by atoms with E-state index in [2.05, 4.69) is 60.2 Å². The highest BCUT2D eigenvalue weighted by molar-refractivity contribution is 5.52. The summed E-state index contributed by atoms with van der Waals surface area (Å²) < 4.78 is 1.97. The summed E-state index contributed by atoms with van der Waals surface area (Å²) in [4.78, 5) is 4.56. The Hall–Kier alpha value is -1.93. The van der Waals surface area contributed by atoms with Crippen LogP contribution in [0.25, 0.3) is 0 Å². The summed E-state index contributed by atoms with van der Waals surface area (Å²) in [6, 6.07) is 10.9. The standard InChI is InChI=1S/C21H33N7/c1-14(2)18-13-25-28-19(18)27(17-9-11-24-12-10-17)20(22)26(21(28)23)15(3)16-7-5-4-6-8-16/h4-8,13-15,17,20-21,24H,9-12,22-23H2,1-3H3. The van der Waals surface area contributed by atoms with E-state index < -0.39 is 6.29 Å². The fourth-order valence-corrected chi connectivity index (χ4v) is 4.62. The van der Waals surface area contributed by atoms with Gasteiger partial charge in [-0.05, 0) is 44.3 Å². The number of aromatic nitrogens is 2. The molecule has 2 aliphatic rings. The van der Waals surface area contributed by atoms with Crippen molar-refractivity contribution >= 4 is 5.82 Å². The third-order valence-electron chi connectivity index (χ3n) is 6.24. The Morgan fingerprint density at radius 2 is 1.71 bits per heavy atom. The number of benzene rings is 1. The summed E-state index contributed by atoms with van der Waals surface area (Å²) in [6.07, 6.45) is 3.41. The lowest BCUT2D eigenvalue weighted by Crippen LogP contribution is -2.66. The number of fused-ring (bicyclic) bond motifs is 1. The molecular formula is C21H33N7. The van der Waals surface area contributed by atoms with Crippen molar-refractivity contribution in [2.24, 2.45) is 11.5 Å². The van der Waals surface area contributed by atoms with E-state index in [1.807, 2.05) is 16.9 Å². The molecule has 7 nitrogen and oxygen atoms in total. The predicted molar refractivity (Wildman–Crippen MR) is 113 cm³/mol. The van der Waals surface area contributed by atoms with Crippen molar-refractivity contribution in [2.75, 3.05) is 18.0 Å². The molecule has 0 bridgehead atoms. The van der Waals surface area contributed by atoms with E-state index in [-0.39, 0.29) is 12.3 Å². The third-order valence-corrected chi connectivity index (χ3v) is 6.24. The summed E-state index contributed by atoms with van der Waals surface area (Å²) in [7, 11) is 0. The van der Waals surface area contributed by atoms with Crippen LogP contribution in [0.4, 0.5) is 5.82 Å². The van der Waals surface area contributed by atoms with Crippen LogP contribution in [0.2, 0.25) is 0 Å². The molecule has 0 aliphatic carbocycles. The maximum absolute atomic E-state index is 6.94. The minimum absolute atomic E-state index is 0.0789. The van der Waals surface area contributed by atoms with Gasteiger partial charge in [-0.2, -0.15) is 5.10 Å². The van der Waals surface area contributed by atoms with E-state index in [0.717, 1.165) is 31.7 Å². The van der Waals surface area contributed by atoms with E-state index >= 15 is 0 Å². The first-order valence-electron chi connectivity index (χ1n) is 10.4. The van der Waals surface area contributed by atoms with Crippen molar-refractivity contribution < 1.29 is 0 Å². The highest BCUT2D eigenvalue weighted by Crippen LogP contribution is 2.40. The molecule has 3 heterocycles. The van der Waals surface area contributed by atoms with E-state index in [1.165, 1.54) is 11.1 Å². The fourth-order valence-electron chi connectivity index (χ4n) is 4.62. The molecule has 152 valence electrons. The van der Waals surface area contributed by atoms with Crippen LogP contribution in [0.5, 0.6) is 0 Å². The summed E-state index contributed by atoms with van der Waals surface area (Å²) in [5.41, 5.74) is 16.1. The molecule has 1 fully saturated rings. The van der Waals surface area contributed by atoms with Gasteiger partial charge in [0.2, 0.25) is 0 Å². The highest BCUT2D eigenvalue weighted by Gasteiger charge is 2.43.